The number of rotatable bonds is 8. The van der Waals surface area contributed by atoms with E-state index in [1.54, 1.807) is 11.8 Å². The van der Waals surface area contributed by atoms with Crippen LogP contribution < -0.4 is 10.2 Å². The zero-order valence-electron chi connectivity index (χ0n) is 25.0. The molecule has 7 rings (SSSR count). The summed E-state index contributed by atoms with van der Waals surface area (Å²) in [6.45, 7) is 6.04. The molecule has 3 aromatic heterocycles. The van der Waals surface area contributed by atoms with Crippen LogP contribution in [0.4, 0.5) is 16.2 Å². The van der Waals surface area contributed by atoms with E-state index in [0.717, 1.165) is 45.5 Å². The molecule has 0 spiro atoms. The maximum Gasteiger partial charge on any atom is 0.331 e. The minimum atomic E-state index is -0.321. The van der Waals surface area contributed by atoms with Crippen molar-refractivity contribution in [3.63, 3.8) is 0 Å². The molecule has 1 aromatic carbocycles. The lowest BCUT2D eigenvalue weighted by molar-refractivity contribution is -0.123. The zero-order chi connectivity index (χ0) is 30.5. The number of fused-ring (bicyclic) bond motifs is 1. The van der Waals surface area contributed by atoms with Crippen molar-refractivity contribution in [3.8, 4) is 0 Å². The number of hydrogen-bond donors (Lipinski definition) is 1. The third kappa shape index (κ3) is 7.22. The lowest BCUT2D eigenvalue weighted by Crippen LogP contribution is -2.30. The molecule has 43 heavy (non-hydrogen) atoms. The average Bonchev–Trinajstić information content (AvgIpc) is 3.96. The number of carbonyl (C=O) groups is 3. The van der Waals surface area contributed by atoms with Crippen LogP contribution in [0.3, 0.4) is 0 Å². The molecule has 1 aliphatic heterocycles. The molecule has 0 radical (unpaired) electrons. The van der Waals surface area contributed by atoms with Gasteiger partial charge in [-0.05, 0) is 74.4 Å². The first-order valence-corrected chi connectivity index (χ1v) is 15.7. The van der Waals surface area contributed by atoms with Crippen molar-refractivity contribution in [1.82, 2.24) is 24.3 Å². The molecule has 4 amide bonds. The molecule has 224 valence electrons. The first-order valence-electron chi connectivity index (χ1n) is 14.7. The summed E-state index contributed by atoms with van der Waals surface area (Å²) in [4.78, 5) is 52.3. The molecule has 10 nitrogen and oxygen atoms in total. The summed E-state index contributed by atoms with van der Waals surface area (Å²) in [6, 6.07) is 11.2. The van der Waals surface area contributed by atoms with Crippen molar-refractivity contribution in [2.24, 2.45) is 0 Å². The van der Waals surface area contributed by atoms with Gasteiger partial charge in [0.05, 0.1) is 11.4 Å². The summed E-state index contributed by atoms with van der Waals surface area (Å²) in [5.74, 6) is 2.64. The number of imidazole rings is 1. The van der Waals surface area contributed by atoms with E-state index in [1.165, 1.54) is 30.4 Å². The van der Waals surface area contributed by atoms with E-state index >= 15 is 0 Å². The Morgan fingerprint density at radius 2 is 1.79 bits per heavy atom. The standard InChI is InChI=1S/C22H21N5O3S.C8H10N2.C2H6/c1-25-20(29)11-27(22(25)30)19-7-15(14-5-6-14)9-26-10-17(24-21(19)26)12-31-18-4-2-3-16(8-18)23-13-28;1-6-4-5-9-8(10-6)7-2-3-7;1-2/h2-4,7-10,13-14H,5-6,11-12H2,1H3,(H,23,28);4-5,7H,2-3H2,1H3;1-2H3. The second-order valence-corrected chi connectivity index (χ2v) is 11.7. The summed E-state index contributed by atoms with van der Waals surface area (Å²) in [7, 11) is 1.51. The molecule has 0 atom stereocenters. The zero-order valence-corrected chi connectivity index (χ0v) is 25.8. The Morgan fingerprint density at radius 3 is 2.44 bits per heavy atom. The number of anilines is 2. The number of likely N-dealkylation sites (N-methyl/N-ethyl adjacent to an activating group) is 1. The van der Waals surface area contributed by atoms with Crippen LogP contribution in [0.5, 0.6) is 0 Å². The van der Waals surface area contributed by atoms with E-state index in [0.29, 0.717) is 35.3 Å². The van der Waals surface area contributed by atoms with Crippen LogP contribution in [-0.4, -0.2) is 56.2 Å². The highest BCUT2D eigenvalue weighted by Crippen LogP contribution is 2.42. The van der Waals surface area contributed by atoms with Gasteiger partial charge in [0.15, 0.2) is 5.65 Å². The number of nitrogens with zero attached hydrogens (tertiary/aromatic N) is 6. The van der Waals surface area contributed by atoms with Gasteiger partial charge in [0.25, 0.3) is 0 Å². The largest absolute Gasteiger partial charge is 0.331 e. The van der Waals surface area contributed by atoms with Crippen LogP contribution in [0.1, 0.15) is 74.1 Å². The van der Waals surface area contributed by atoms with Crippen LogP contribution in [0.25, 0.3) is 5.65 Å². The van der Waals surface area contributed by atoms with Crippen LogP contribution in [-0.2, 0) is 15.3 Å². The van der Waals surface area contributed by atoms with Gasteiger partial charge >= 0.3 is 6.03 Å². The molecule has 2 saturated carbocycles. The van der Waals surface area contributed by atoms with Crippen molar-refractivity contribution >= 4 is 47.1 Å². The summed E-state index contributed by atoms with van der Waals surface area (Å²) in [5, 5.41) is 2.66. The number of amides is 4. The van der Waals surface area contributed by atoms with E-state index in [4.69, 9.17) is 4.98 Å². The maximum absolute atomic E-state index is 12.6. The van der Waals surface area contributed by atoms with Gasteiger partial charge in [-0.2, -0.15) is 0 Å². The Morgan fingerprint density at radius 1 is 1.02 bits per heavy atom. The first-order chi connectivity index (χ1) is 20.9. The van der Waals surface area contributed by atoms with Crippen molar-refractivity contribution in [2.45, 2.75) is 68.9 Å². The van der Waals surface area contributed by atoms with Gasteiger partial charge in [-0.3, -0.25) is 19.4 Å². The van der Waals surface area contributed by atoms with Gasteiger partial charge in [-0.1, -0.05) is 19.9 Å². The molecule has 11 heteroatoms. The summed E-state index contributed by atoms with van der Waals surface area (Å²) >= 11 is 1.62. The number of thioether (sulfide) groups is 1. The molecule has 2 aliphatic carbocycles. The Bertz CT molecular complexity index is 1630. The fourth-order valence-corrected chi connectivity index (χ4v) is 5.59. The van der Waals surface area contributed by atoms with Gasteiger partial charge < -0.3 is 9.72 Å². The smallest absolute Gasteiger partial charge is 0.329 e. The lowest BCUT2D eigenvalue weighted by Gasteiger charge is -2.17. The molecule has 3 aliphatic rings. The Kier molecular flexibility index (Phi) is 9.40. The number of benzene rings is 1. The number of carbonyl (C=O) groups excluding carboxylic acids is 3. The fourth-order valence-electron chi connectivity index (χ4n) is 4.75. The van der Waals surface area contributed by atoms with Gasteiger partial charge in [-0.15, -0.1) is 11.8 Å². The maximum atomic E-state index is 12.6. The molecule has 3 fully saturated rings. The number of pyridine rings is 1. The van der Waals surface area contributed by atoms with Crippen LogP contribution in [0, 0.1) is 6.92 Å². The minimum absolute atomic E-state index is 0.0343. The van der Waals surface area contributed by atoms with Crippen LogP contribution >= 0.6 is 11.8 Å². The number of aromatic nitrogens is 4. The Balaban J connectivity index is 0.000000256. The molecule has 4 heterocycles. The monoisotopic (exact) mass is 599 g/mol. The van der Waals surface area contributed by atoms with Crippen molar-refractivity contribution in [2.75, 3.05) is 23.8 Å². The van der Waals surface area contributed by atoms with Crippen molar-refractivity contribution in [1.29, 1.82) is 0 Å². The quantitative estimate of drug-likeness (QED) is 0.147. The third-order valence-electron chi connectivity index (χ3n) is 7.33. The SMILES string of the molecule is CC.CN1C(=O)CN(c2cc(C3CC3)cn3cc(CSc4cccc(NC=O)c4)nc23)C1=O.Cc1ccnc(C2CC2)n1. The normalized spacial score (nSPS) is 16.0. The van der Waals surface area contributed by atoms with Gasteiger partial charge in [0.1, 0.15) is 12.4 Å². The van der Waals surface area contributed by atoms with Crippen molar-refractivity contribution < 1.29 is 14.4 Å². The summed E-state index contributed by atoms with van der Waals surface area (Å²) in [6.07, 6.45) is 11.4. The summed E-state index contributed by atoms with van der Waals surface area (Å²) < 4.78 is 1.97. The Hall–Kier alpha value is -4.25. The molecule has 0 bridgehead atoms. The molecule has 1 N–H and O–H groups in total. The van der Waals surface area contributed by atoms with Crippen LogP contribution in [0.2, 0.25) is 0 Å². The van der Waals surface area contributed by atoms with Crippen molar-refractivity contribution in [3.05, 3.63) is 77.8 Å². The third-order valence-corrected chi connectivity index (χ3v) is 8.36. The van der Waals surface area contributed by atoms with Gasteiger partial charge in [0.2, 0.25) is 12.3 Å². The van der Waals surface area contributed by atoms with Crippen LogP contribution in [0.15, 0.2) is 59.9 Å². The van der Waals surface area contributed by atoms with E-state index < -0.39 is 0 Å². The summed E-state index contributed by atoms with van der Waals surface area (Å²) in [5.41, 5.74) is 5.22. The van der Waals surface area contributed by atoms with E-state index in [2.05, 4.69) is 21.5 Å². The van der Waals surface area contributed by atoms with E-state index in [9.17, 15) is 14.4 Å². The number of nitrogens with one attached hydrogen (secondary N) is 1. The number of imide groups is 1. The number of aryl methyl sites for hydroxylation is 1. The average molecular weight is 600 g/mol. The highest BCUT2D eigenvalue weighted by molar-refractivity contribution is 7.98. The predicted molar refractivity (Wildman–Crippen MR) is 168 cm³/mol. The highest BCUT2D eigenvalue weighted by atomic mass is 32.2. The number of hydrogen-bond acceptors (Lipinski definition) is 7. The first kappa shape index (κ1) is 30.2. The predicted octanol–water partition coefficient (Wildman–Crippen LogP) is 6.16. The number of urea groups is 1. The Labute approximate surface area is 255 Å². The lowest BCUT2D eigenvalue weighted by atomic mass is 10.1. The minimum Gasteiger partial charge on any atom is -0.329 e. The molecule has 0 unspecified atom stereocenters. The molecular weight excluding hydrogens is 562 g/mol. The van der Waals surface area contributed by atoms with E-state index in [-0.39, 0.29) is 18.5 Å². The van der Waals surface area contributed by atoms with Gasteiger partial charge in [-0.25, -0.2) is 19.7 Å². The second kappa shape index (κ2) is 13.4. The topological polar surface area (TPSA) is 113 Å². The molecular formula is C32H37N7O3S. The van der Waals surface area contributed by atoms with E-state index in [1.807, 2.05) is 74.0 Å². The fraction of sp³-hybridized carbons (Fsp3) is 0.375. The molecule has 1 saturated heterocycles. The second-order valence-electron chi connectivity index (χ2n) is 10.6. The van der Waals surface area contributed by atoms with Gasteiger partial charge in [0, 0.05) is 53.6 Å². The highest BCUT2D eigenvalue weighted by Gasteiger charge is 2.36. The molecule has 4 aromatic rings.